The van der Waals surface area contributed by atoms with E-state index in [1.807, 2.05) is 0 Å². The average molecular weight is 227 g/mol. The van der Waals surface area contributed by atoms with Gasteiger partial charge in [-0.15, -0.1) is 0 Å². The second kappa shape index (κ2) is 3.00. The highest BCUT2D eigenvalue weighted by molar-refractivity contribution is 5.45. The summed E-state index contributed by atoms with van der Waals surface area (Å²) in [4.78, 5) is 0. The zero-order valence-electron chi connectivity index (χ0n) is 8.59. The van der Waals surface area contributed by atoms with Gasteiger partial charge in [0.15, 0.2) is 0 Å². The Labute approximate surface area is 91.4 Å². The molecule has 1 aromatic rings. The molecule has 0 radical (unpaired) electrons. The van der Waals surface area contributed by atoms with Crippen molar-refractivity contribution in [3.05, 3.63) is 34.9 Å². The summed E-state index contributed by atoms with van der Waals surface area (Å²) >= 11 is 0. The van der Waals surface area contributed by atoms with Crippen molar-refractivity contribution >= 4 is 0 Å². The molecule has 0 saturated heterocycles. The molecule has 2 aliphatic rings. The third kappa shape index (κ3) is 1.29. The summed E-state index contributed by atoms with van der Waals surface area (Å²) in [7, 11) is 0. The minimum Gasteiger partial charge on any atom is -0.327 e. The quantitative estimate of drug-likeness (QED) is 0.724. The number of hydrogen-bond donors (Lipinski definition) is 1. The molecule has 2 bridgehead atoms. The molecule has 0 amide bonds. The summed E-state index contributed by atoms with van der Waals surface area (Å²) in [5, 5.41) is 0. The summed E-state index contributed by atoms with van der Waals surface area (Å²) in [6.45, 7) is 0. The molecular weight excluding hydrogens is 215 g/mol. The van der Waals surface area contributed by atoms with Gasteiger partial charge in [-0.05, 0) is 47.9 Å². The Balaban J connectivity index is 2.08. The summed E-state index contributed by atoms with van der Waals surface area (Å²) in [6, 6.07) is 4.15. The molecule has 0 spiro atoms. The van der Waals surface area contributed by atoms with Crippen molar-refractivity contribution in [2.24, 2.45) is 5.73 Å². The first-order chi connectivity index (χ1) is 7.47. The molecule has 0 heterocycles. The van der Waals surface area contributed by atoms with Crippen molar-refractivity contribution in [2.75, 3.05) is 0 Å². The molecule has 4 heteroatoms. The van der Waals surface area contributed by atoms with Crippen LogP contribution >= 0.6 is 0 Å². The fourth-order valence-electron chi connectivity index (χ4n) is 3.13. The van der Waals surface area contributed by atoms with Gasteiger partial charge in [0.2, 0.25) is 0 Å². The van der Waals surface area contributed by atoms with E-state index < -0.39 is 11.7 Å². The predicted octanol–water partition coefficient (Wildman–Crippen LogP) is 3.01. The van der Waals surface area contributed by atoms with Gasteiger partial charge < -0.3 is 5.73 Å². The molecule has 0 aliphatic heterocycles. The molecule has 86 valence electrons. The standard InChI is InChI=1S/C12H12F3N/c13-12(14,15)7-1-2-8-6-3-10(9(8)5-7)11(16)4-6/h1-2,5-6,10-11H,3-4,16H2/t6-,10-,11+/m0/s1. The third-order valence-corrected chi connectivity index (χ3v) is 3.87. The zero-order valence-corrected chi connectivity index (χ0v) is 8.59. The van der Waals surface area contributed by atoms with Gasteiger partial charge in [0.25, 0.3) is 0 Å². The van der Waals surface area contributed by atoms with E-state index >= 15 is 0 Å². The Morgan fingerprint density at radius 3 is 2.56 bits per heavy atom. The van der Waals surface area contributed by atoms with Crippen molar-refractivity contribution < 1.29 is 13.2 Å². The first-order valence-corrected chi connectivity index (χ1v) is 5.43. The molecule has 1 saturated carbocycles. The minimum absolute atomic E-state index is 0.0426. The maximum Gasteiger partial charge on any atom is 0.416 e. The Morgan fingerprint density at radius 2 is 1.88 bits per heavy atom. The van der Waals surface area contributed by atoms with Crippen LogP contribution in [0.25, 0.3) is 0 Å². The summed E-state index contributed by atoms with van der Waals surface area (Å²) in [5.74, 6) is 0.527. The number of benzene rings is 1. The van der Waals surface area contributed by atoms with Crippen molar-refractivity contribution in [1.29, 1.82) is 0 Å². The van der Waals surface area contributed by atoms with Crippen LogP contribution in [0.15, 0.2) is 18.2 Å². The van der Waals surface area contributed by atoms with Gasteiger partial charge in [-0.25, -0.2) is 0 Å². The van der Waals surface area contributed by atoms with Crippen LogP contribution in [0, 0.1) is 0 Å². The van der Waals surface area contributed by atoms with Crippen LogP contribution in [0.3, 0.4) is 0 Å². The van der Waals surface area contributed by atoms with Gasteiger partial charge in [0, 0.05) is 6.04 Å². The lowest BCUT2D eigenvalue weighted by molar-refractivity contribution is -0.137. The van der Waals surface area contributed by atoms with Gasteiger partial charge in [0.05, 0.1) is 5.56 Å². The zero-order chi connectivity index (χ0) is 11.5. The van der Waals surface area contributed by atoms with Gasteiger partial charge in [0.1, 0.15) is 0 Å². The van der Waals surface area contributed by atoms with Gasteiger partial charge in [-0.2, -0.15) is 13.2 Å². The monoisotopic (exact) mass is 227 g/mol. The van der Waals surface area contributed by atoms with Crippen molar-refractivity contribution in [3.8, 4) is 0 Å². The Kier molecular flexibility index (Phi) is 1.90. The molecule has 1 fully saturated rings. The largest absolute Gasteiger partial charge is 0.416 e. The SMILES string of the molecule is N[C@@H]1C[C@@H]2C[C@H]1c1cc(C(F)(F)F)ccc12. The van der Waals surface area contributed by atoms with E-state index in [1.54, 1.807) is 6.07 Å². The van der Waals surface area contributed by atoms with Crippen LogP contribution in [0.2, 0.25) is 0 Å². The van der Waals surface area contributed by atoms with E-state index in [1.165, 1.54) is 12.1 Å². The van der Waals surface area contributed by atoms with Crippen LogP contribution in [0.1, 0.15) is 41.4 Å². The lowest BCUT2D eigenvalue weighted by atomic mass is 9.87. The molecule has 0 aromatic heterocycles. The Hall–Kier alpha value is -1.03. The molecular formula is C12H12F3N. The smallest absolute Gasteiger partial charge is 0.327 e. The molecule has 2 aliphatic carbocycles. The second-order valence-corrected chi connectivity index (χ2v) is 4.78. The predicted molar refractivity (Wildman–Crippen MR) is 54.1 cm³/mol. The molecule has 3 rings (SSSR count). The first kappa shape index (κ1) is 10.1. The van der Waals surface area contributed by atoms with Crippen molar-refractivity contribution in [1.82, 2.24) is 0 Å². The van der Waals surface area contributed by atoms with Crippen molar-refractivity contribution in [3.63, 3.8) is 0 Å². The van der Waals surface area contributed by atoms with E-state index in [9.17, 15) is 13.2 Å². The minimum atomic E-state index is -4.25. The van der Waals surface area contributed by atoms with Crippen LogP contribution in [0.5, 0.6) is 0 Å². The topological polar surface area (TPSA) is 26.0 Å². The summed E-state index contributed by atoms with van der Waals surface area (Å²) in [5.41, 5.74) is 7.28. The number of fused-ring (bicyclic) bond motifs is 5. The summed E-state index contributed by atoms with van der Waals surface area (Å²) in [6.07, 6.45) is -2.40. The maximum atomic E-state index is 12.6. The fraction of sp³-hybridized carbons (Fsp3) is 0.500. The lowest BCUT2D eigenvalue weighted by Crippen LogP contribution is -2.25. The highest BCUT2D eigenvalue weighted by atomic mass is 19.4. The first-order valence-electron chi connectivity index (χ1n) is 5.43. The molecule has 1 nitrogen and oxygen atoms in total. The van der Waals surface area contributed by atoms with E-state index in [-0.39, 0.29) is 12.0 Å². The van der Waals surface area contributed by atoms with E-state index in [0.29, 0.717) is 5.92 Å². The van der Waals surface area contributed by atoms with Crippen LogP contribution in [0.4, 0.5) is 13.2 Å². The van der Waals surface area contributed by atoms with Gasteiger partial charge in [-0.3, -0.25) is 0 Å². The molecule has 1 aromatic carbocycles. The molecule has 0 unspecified atom stereocenters. The molecule has 16 heavy (non-hydrogen) atoms. The van der Waals surface area contributed by atoms with E-state index in [2.05, 4.69) is 0 Å². The second-order valence-electron chi connectivity index (χ2n) is 4.78. The third-order valence-electron chi connectivity index (χ3n) is 3.87. The normalized spacial score (nSPS) is 31.9. The molecule has 3 atom stereocenters. The number of halogens is 3. The van der Waals surface area contributed by atoms with Gasteiger partial charge >= 0.3 is 6.18 Å². The van der Waals surface area contributed by atoms with E-state index in [4.69, 9.17) is 5.73 Å². The number of alkyl halides is 3. The lowest BCUT2D eigenvalue weighted by Gasteiger charge is -2.22. The molecule has 2 N–H and O–H groups in total. The Morgan fingerprint density at radius 1 is 1.12 bits per heavy atom. The van der Waals surface area contributed by atoms with Gasteiger partial charge in [-0.1, -0.05) is 6.07 Å². The highest BCUT2D eigenvalue weighted by Gasteiger charge is 2.43. The maximum absolute atomic E-state index is 12.6. The van der Waals surface area contributed by atoms with E-state index in [0.717, 1.165) is 24.0 Å². The number of nitrogens with two attached hydrogens (primary N) is 1. The average Bonchev–Trinajstić information content (AvgIpc) is 2.73. The highest BCUT2D eigenvalue weighted by Crippen LogP contribution is 2.53. The van der Waals surface area contributed by atoms with Crippen LogP contribution in [-0.4, -0.2) is 6.04 Å². The fourth-order valence-corrected chi connectivity index (χ4v) is 3.13. The summed E-state index contributed by atoms with van der Waals surface area (Å²) < 4.78 is 37.7. The van der Waals surface area contributed by atoms with Crippen molar-refractivity contribution in [2.45, 2.75) is 36.9 Å². The number of hydrogen-bond acceptors (Lipinski definition) is 1. The van der Waals surface area contributed by atoms with Crippen LogP contribution < -0.4 is 5.73 Å². The Bertz CT molecular complexity index is 438. The van der Waals surface area contributed by atoms with Crippen LogP contribution in [-0.2, 0) is 6.18 Å². The number of rotatable bonds is 0.